The number of halogens is 5. The predicted molar refractivity (Wildman–Crippen MR) is 113 cm³/mol. The van der Waals surface area contributed by atoms with Gasteiger partial charge in [-0.3, -0.25) is 0 Å². The molecule has 0 fully saturated rings. The highest BCUT2D eigenvalue weighted by Gasteiger charge is 2.30. The minimum Gasteiger partial charge on any atom is -0.437 e. The van der Waals surface area contributed by atoms with Crippen LogP contribution in [0.4, 0.5) is 17.6 Å². The molecule has 0 saturated carbocycles. The van der Waals surface area contributed by atoms with Gasteiger partial charge >= 0.3 is 6.18 Å². The van der Waals surface area contributed by atoms with E-state index in [1.54, 1.807) is 6.20 Å². The van der Waals surface area contributed by atoms with Gasteiger partial charge in [-0.1, -0.05) is 12.1 Å². The van der Waals surface area contributed by atoms with E-state index in [1.165, 1.54) is 36.4 Å². The summed E-state index contributed by atoms with van der Waals surface area (Å²) < 4.78 is 59.6. The monoisotopic (exact) mass is 450 g/mol. The van der Waals surface area contributed by atoms with Crippen LogP contribution in [0.1, 0.15) is 22.4 Å². The Bertz CT molecular complexity index is 1200. The van der Waals surface area contributed by atoms with Gasteiger partial charge in [0, 0.05) is 23.8 Å². The summed E-state index contributed by atoms with van der Waals surface area (Å²) >= 11 is 0. The average molecular weight is 451 g/mol. The van der Waals surface area contributed by atoms with E-state index < -0.39 is 11.7 Å². The van der Waals surface area contributed by atoms with Gasteiger partial charge in [0.2, 0.25) is 5.88 Å². The molecule has 4 aromatic rings. The number of pyridine rings is 1. The van der Waals surface area contributed by atoms with Crippen molar-refractivity contribution in [3.63, 3.8) is 0 Å². The summed E-state index contributed by atoms with van der Waals surface area (Å²) in [6.07, 6.45) is -2.73. The minimum atomic E-state index is -4.37. The van der Waals surface area contributed by atoms with Crippen LogP contribution in [0, 0.1) is 19.7 Å². The number of nitrogens with zero attached hydrogens (tertiary/aromatic N) is 2. The molecule has 2 aromatic carbocycles. The van der Waals surface area contributed by atoms with Crippen LogP contribution in [-0.4, -0.2) is 9.55 Å². The van der Waals surface area contributed by atoms with Gasteiger partial charge in [0.1, 0.15) is 17.1 Å². The third-order valence-corrected chi connectivity index (χ3v) is 5.16. The Balaban J connectivity index is 0.00000272. The summed E-state index contributed by atoms with van der Waals surface area (Å²) in [4.78, 5) is 4.34. The molecule has 0 aliphatic heterocycles. The smallest absolute Gasteiger partial charge is 0.416 e. The topological polar surface area (TPSA) is 27.1 Å². The quantitative estimate of drug-likeness (QED) is 0.311. The van der Waals surface area contributed by atoms with Crippen molar-refractivity contribution in [1.82, 2.24) is 9.55 Å². The van der Waals surface area contributed by atoms with Gasteiger partial charge in [-0.05, 0) is 67.4 Å². The lowest BCUT2D eigenvalue weighted by atomic mass is 10.1. The minimum absolute atomic E-state index is 0. The number of aromatic nitrogens is 2. The fraction of sp³-hybridized carbons (Fsp3) is 0.174. The van der Waals surface area contributed by atoms with Crippen molar-refractivity contribution in [1.29, 1.82) is 0 Å². The van der Waals surface area contributed by atoms with Gasteiger partial charge in [-0.2, -0.15) is 13.2 Å². The van der Waals surface area contributed by atoms with Crippen LogP contribution in [0.15, 0.2) is 60.8 Å². The lowest BCUT2D eigenvalue weighted by molar-refractivity contribution is -0.137. The Morgan fingerprint density at radius 2 is 1.58 bits per heavy atom. The van der Waals surface area contributed by atoms with Gasteiger partial charge in [-0.25, -0.2) is 9.37 Å². The number of aryl methyl sites for hydroxylation is 1. The number of benzene rings is 2. The first kappa shape index (κ1) is 22.6. The van der Waals surface area contributed by atoms with Crippen molar-refractivity contribution in [3.8, 4) is 11.6 Å². The Kier molecular flexibility index (Phi) is 6.27. The van der Waals surface area contributed by atoms with Crippen LogP contribution in [-0.2, 0) is 12.7 Å². The summed E-state index contributed by atoms with van der Waals surface area (Å²) in [5, 5.41) is 0.937. The van der Waals surface area contributed by atoms with E-state index in [-0.39, 0.29) is 18.2 Å². The molecule has 8 heteroatoms. The van der Waals surface area contributed by atoms with Crippen LogP contribution in [0.3, 0.4) is 0 Å². The van der Waals surface area contributed by atoms with Crippen molar-refractivity contribution in [2.24, 2.45) is 0 Å². The molecule has 0 spiro atoms. The van der Waals surface area contributed by atoms with E-state index in [4.69, 9.17) is 4.74 Å². The largest absolute Gasteiger partial charge is 0.437 e. The first-order valence-electron chi connectivity index (χ1n) is 9.28. The molecular formula is C23H19ClF4N2O. The highest BCUT2D eigenvalue weighted by molar-refractivity contribution is 5.89. The second-order valence-electron chi connectivity index (χ2n) is 7.06. The van der Waals surface area contributed by atoms with Crippen LogP contribution in [0.25, 0.3) is 10.9 Å². The van der Waals surface area contributed by atoms with Gasteiger partial charge in [-0.15, -0.1) is 12.4 Å². The predicted octanol–water partition coefficient (Wildman–Crippen LogP) is 7.07. The van der Waals surface area contributed by atoms with Gasteiger partial charge in [0.15, 0.2) is 0 Å². The van der Waals surface area contributed by atoms with Crippen LogP contribution in [0.5, 0.6) is 11.6 Å². The average Bonchev–Trinajstić information content (AvgIpc) is 2.95. The summed E-state index contributed by atoms with van der Waals surface area (Å²) in [6, 6.07) is 12.6. The summed E-state index contributed by atoms with van der Waals surface area (Å²) in [7, 11) is 0. The molecule has 0 saturated heterocycles. The van der Waals surface area contributed by atoms with Crippen LogP contribution in [0.2, 0.25) is 0 Å². The first-order chi connectivity index (χ1) is 14.2. The number of fused-ring (bicyclic) bond motifs is 1. The van der Waals surface area contributed by atoms with E-state index in [2.05, 4.69) is 4.98 Å². The Hall–Kier alpha value is -3.06. The molecular weight excluding hydrogens is 432 g/mol. The fourth-order valence-corrected chi connectivity index (χ4v) is 3.43. The maximum atomic E-state index is 13.2. The Morgan fingerprint density at radius 1 is 0.935 bits per heavy atom. The van der Waals surface area contributed by atoms with Crippen molar-refractivity contribution in [2.45, 2.75) is 26.6 Å². The fourth-order valence-electron chi connectivity index (χ4n) is 3.43. The molecule has 2 aromatic heterocycles. The zero-order valence-corrected chi connectivity index (χ0v) is 17.5. The molecule has 0 aliphatic rings. The van der Waals surface area contributed by atoms with E-state index >= 15 is 0 Å². The highest BCUT2D eigenvalue weighted by atomic mass is 35.5. The van der Waals surface area contributed by atoms with Crippen LogP contribution < -0.4 is 4.74 Å². The molecule has 0 bridgehead atoms. The third kappa shape index (κ3) is 4.51. The second-order valence-corrected chi connectivity index (χ2v) is 7.06. The summed E-state index contributed by atoms with van der Waals surface area (Å²) in [5.74, 6) is 0.419. The maximum Gasteiger partial charge on any atom is 0.416 e. The maximum absolute atomic E-state index is 13.2. The molecule has 0 radical (unpaired) electrons. The van der Waals surface area contributed by atoms with Crippen molar-refractivity contribution < 1.29 is 22.3 Å². The molecule has 0 aliphatic carbocycles. The molecule has 0 atom stereocenters. The first-order valence-corrected chi connectivity index (χ1v) is 9.28. The van der Waals surface area contributed by atoms with E-state index in [9.17, 15) is 17.6 Å². The molecule has 31 heavy (non-hydrogen) atoms. The van der Waals surface area contributed by atoms with Gasteiger partial charge in [0.05, 0.1) is 5.56 Å². The second kappa shape index (κ2) is 8.59. The van der Waals surface area contributed by atoms with Gasteiger partial charge in [0.25, 0.3) is 0 Å². The normalized spacial score (nSPS) is 11.4. The Morgan fingerprint density at radius 3 is 2.19 bits per heavy atom. The third-order valence-electron chi connectivity index (χ3n) is 5.16. The molecule has 4 rings (SSSR count). The summed E-state index contributed by atoms with van der Waals surface area (Å²) in [6.45, 7) is 4.28. The lowest BCUT2D eigenvalue weighted by Crippen LogP contribution is -2.06. The summed E-state index contributed by atoms with van der Waals surface area (Å²) in [5.41, 5.74) is 2.76. The molecule has 3 nitrogen and oxygen atoms in total. The van der Waals surface area contributed by atoms with Crippen LogP contribution >= 0.6 is 12.4 Å². The van der Waals surface area contributed by atoms with E-state index in [0.29, 0.717) is 18.2 Å². The zero-order chi connectivity index (χ0) is 21.5. The number of rotatable bonds is 4. The molecule has 0 unspecified atom stereocenters. The molecule has 162 valence electrons. The van der Waals surface area contributed by atoms with Crippen molar-refractivity contribution in [2.75, 3.05) is 0 Å². The number of ether oxygens (including phenoxy) is 1. The zero-order valence-electron chi connectivity index (χ0n) is 16.7. The van der Waals surface area contributed by atoms with E-state index in [0.717, 1.165) is 39.9 Å². The van der Waals surface area contributed by atoms with Crippen molar-refractivity contribution >= 4 is 23.3 Å². The highest BCUT2D eigenvalue weighted by Crippen LogP contribution is 2.34. The number of alkyl halides is 3. The number of hydrogen-bond donors (Lipinski definition) is 0. The molecule has 2 heterocycles. The van der Waals surface area contributed by atoms with Crippen molar-refractivity contribution in [3.05, 3.63) is 89.0 Å². The molecule has 0 amide bonds. The molecule has 0 N–H and O–H groups in total. The standard InChI is InChI=1S/C23H18F4N2O.ClH/c1-14-15(2)29(13-16-3-5-17(6-4-16)23(25,26)27)21-20(14)11-12-28-22(21)30-19-9-7-18(24)8-10-19;/h3-12H,13H2,1-2H3;1H. The Labute approximate surface area is 182 Å². The SMILES string of the molecule is Cc1c(C)n(Cc2ccc(C(F)(F)F)cc2)c2c(Oc3ccc(F)cc3)nccc12.Cl. The lowest BCUT2D eigenvalue weighted by Gasteiger charge is -2.13. The number of hydrogen-bond acceptors (Lipinski definition) is 2. The van der Waals surface area contributed by atoms with Gasteiger partial charge < -0.3 is 9.30 Å². The van der Waals surface area contributed by atoms with E-state index in [1.807, 2.05) is 24.5 Å².